The van der Waals surface area contributed by atoms with Crippen molar-refractivity contribution in [3.8, 4) is 0 Å². The number of alkyl halides is 3. The quantitative estimate of drug-likeness (QED) is 0.717. The number of halogens is 4. The van der Waals surface area contributed by atoms with E-state index in [-0.39, 0.29) is 0 Å². The lowest BCUT2D eigenvalue weighted by Crippen LogP contribution is -2.29. The van der Waals surface area contributed by atoms with Gasteiger partial charge in [0.1, 0.15) is 0 Å². The Morgan fingerprint density at radius 1 is 1.39 bits per heavy atom. The zero-order chi connectivity index (χ0) is 20.5. The molecule has 0 fully saturated rings. The number of nitrogens with two attached hydrogens (primary N) is 1. The number of amidine groups is 1. The van der Waals surface area contributed by atoms with Crippen LogP contribution in [-0.2, 0) is 11.7 Å². The van der Waals surface area contributed by atoms with Gasteiger partial charge >= 0.3 is 6.18 Å². The second-order valence-electron chi connectivity index (χ2n) is 6.26. The summed E-state index contributed by atoms with van der Waals surface area (Å²) in [5, 5.41) is 2.33. The van der Waals surface area contributed by atoms with Crippen LogP contribution in [0.4, 0.5) is 18.9 Å². The minimum absolute atomic E-state index is 0.318. The molecule has 0 saturated heterocycles. The molecular formula is C17H15ClF3N5OS. The molecule has 0 bridgehead atoms. The molecule has 148 valence electrons. The first-order chi connectivity index (χ1) is 13.1. The molecule has 1 aliphatic heterocycles. The molecule has 6 nitrogen and oxygen atoms in total. The van der Waals surface area contributed by atoms with Crippen LogP contribution < -0.4 is 11.1 Å². The second-order valence-corrected chi connectivity index (χ2v) is 7.71. The molecule has 0 radical (unpaired) electrons. The minimum Gasteiger partial charge on any atom is -0.379 e. The lowest BCUT2D eigenvalue weighted by molar-refractivity contribution is -0.141. The van der Waals surface area contributed by atoms with Gasteiger partial charge in [-0.2, -0.15) is 13.2 Å². The third-order valence-corrected chi connectivity index (χ3v) is 5.19. The van der Waals surface area contributed by atoms with Gasteiger partial charge in [-0.05, 0) is 42.6 Å². The van der Waals surface area contributed by atoms with Gasteiger partial charge in [-0.1, -0.05) is 23.9 Å². The standard InChI is InChI=1S/C17H15ClF3N5OS/c1-16(5-6-28-15(22)26-16)9-3-2-4-10(7-9)24-13(27)11-8-23-14(18)25-12(11)17(19,20)21/h2-4,7-8H,5-6H2,1H3,(H2,22,26)(H,24,27). The number of nitrogens with zero attached hydrogens (tertiary/aromatic N) is 3. The highest BCUT2D eigenvalue weighted by Gasteiger charge is 2.38. The fourth-order valence-electron chi connectivity index (χ4n) is 2.77. The van der Waals surface area contributed by atoms with Crippen molar-refractivity contribution in [2.24, 2.45) is 10.7 Å². The average Bonchev–Trinajstić information content (AvgIpc) is 2.61. The molecule has 28 heavy (non-hydrogen) atoms. The van der Waals surface area contributed by atoms with Crippen molar-refractivity contribution in [3.05, 3.63) is 52.6 Å². The van der Waals surface area contributed by atoms with E-state index < -0.39 is 34.2 Å². The van der Waals surface area contributed by atoms with E-state index in [0.717, 1.165) is 23.9 Å². The highest BCUT2D eigenvalue weighted by molar-refractivity contribution is 8.13. The molecule has 0 aliphatic carbocycles. The summed E-state index contributed by atoms with van der Waals surface area (Å²) in [6.45, 7) is 1.91. The number of hydrogen-bond donors (Lipinski definition) is 2. The zero-order valence-electron chi connectivity index (χ0n) is 14.5. The average molecular weight is 430 g/mol. The summed E-state index contributed by atoms with van der Waals surface area (Å²) in [4.78, 5) is 23.5. The monoisotopic (exact) mass is 429 g/mol. The van der Waals surface area contributed by atoms with Crippen molar-refractivity contribution in [3.63, 3.8) is 0 Å². The van der Waals surface area contributed by atoms with Crippen molar-refractivity contribution in [2.45, 2.75) is 25.1 Å². The number of rotatable bonds is 3. The Labute approximate surface area is 167 Å². The maximum Gasteiger partial charge on any atom is 0.434 e. The fraction of sp³-hybridized carbons (Fsp3) is 0.294. The van der Waals surface area contributed by atoms with Gasteiger partial charge in [0.05, 0.1) is 11.1 Å². The maximum absolute atomic E-state index is 13.2. The Bertz CT molecular complexity index is 953. The highest BCUT2D eigenvalue weighted by atomic mass is 35.5. The third kappa shape index (κ3) is 4.39. The van der Waals surface area contributed by atoms with Gasteiger partial charge in [0, 0.05) is 17.6 Å². The van der Waals surface area contributed by atoms with Crippen LogP contribution >= 0.6 is 23.4 Å². The second kappa shape index (κ2) is 7.59. The van der Waals surface area contributed by atoms with Gasteiger partial charge in [-0.25, -0.2) is 9.97 Å². The van der Waals surface area contributed by atoms with E-state index in [0.29, 0.717) is 10.9 Å². The summed E-state index contributed by atoms with van der Waals surface area (Å²) in [6.07, 6.45) is -3.36. The van der Waals surface area contributed by atoms with E-state index in [1.165, 1.54) is 11.8 Å². The van der Waals surface area contributed by atoms with Gasteiger partial charge in [0.2, 0.25) is 5.28 Å². The number of anilines is 1. The van der Waals surface area contributed by atoms with Crippen LogP contribution in [0.5, 0.6) is 0 Å². The summed E-state index contributed by atoms with van der Waals surface area (Å²) >= 11 is 6.90. The predicted octanol–water partition coefficient (Wildman–Crippen LogP) is 4.07. The first-order valence-corrected chi connectivity index (χ1v) is 9.44. The molecule has 1 aromatic heterocycles. The molecule has 0 spiro atoms. The topological polar surface area (TPSA) is 93.3 Å². The van der Waals surface area contributed by atoms with Crippen molar-refractivity contribution in [1.29, 1.82) is 0 Å². The lowest BCUT2D eigenvalue weighted by atomic mass is 9.89. The SMILES string of the molecule is CC1(c2cccc(NC(=O)c3cnc(Cl)nc3C(F)(F)F)c2)CCSC(N)=N1. The Morgan fingerprint density at radius 2 is 2.14 bits per heavy atom. The molecule has 1 aromatic carbocycles. The number of carbonyl (C=O) groups is 1. The number of thioether (sulfide) groups is 1. The summed E-state index contributed by atoms with van der Waals surface area (Å²) in [5.41, 5.74) is 4.25. The molecule has 2 aromatic rings. The Hall–Kier alpha value is -2.33. The molecule has 1 aliphatic rings. The van der Waals surface area contributed by atoms with Crippen LogP contribution in [0, 0.1) is 0 Å². The van der Waals surface area contributed by atoms with E-state index in [1.54, 1.807) is 18.2 Å². The molecule has 2 heterocycles. The van der Waals surface area contributed by atoms with Crippen molar-refractivity contribution in [2.75, 3.05) is 11.1 Å². The molecule has 11 heteroatoms. The Balaban J connectivity index is 1.90. The van der Waals surface area contributed by atoms with Crippen LogP contribution in [0.3, 0.4) is 0 Å². The summed E-state index contributed by atoms with van der Waals surface area (Å²) in [7, 11) is 0. The van der Waals surface area contributed by atoms with E-state index in [1.807, 2.05) is 13.0 Å². The highest BCUT2D eigenvalue weighted by Crippen LogP contribution is 2.36. The molecule has 1 unspecified atom stereocenters. The summed E-state index contributed by atoms with van der Waals surface area (Å²) < 4.78 is 39.5. The van der Waals surface area contributed by atoms with E-state index >= 15 is 0 Å². The minimum atomic E-state index is -4.85. The third-order valence-electron chi connectivity index (χ3n) is 4.21. The van der Waals surface area contributed by atoms with Crippen LogP contribution in [0.25, 0.3) is 0 Å². The number of aliphatic imine (C=N–C) groups is 1. The van der Waals surface area contributed by atoms with E-state index in [9.17, 15) is 18.0 Å². The van der Waals surface area contributed by atoms with Crippen LogP contribution in [0.2, 0.25) is 5.28 Å². The van der Waals surface area contributed by atoms with Gasteiger partial charge in [-0.15, -0.1) is 0 Å². The molecular weight excluding hydrogens is 415 g/mol. The van der Waals surface area contributed by atoms with E-state index in [2.05, 4.69) is 20.3 Å². The largest absolute Gasteiger partial charge is 0.434 e. The Kier molecular flexibility index (Phi) is 5.53. The summed E-state index contributed by atoms with van der Waals surface area (Å²) in [6, 6.07) is 6.75. The first kappa shape index (κ1) is 20.4. The normalized spacial score (nSPS) is 19.8. The van der Waals surface area contributed by atoms with Crippen LogP contribution in [0.1, 0.15) is 35.0 Å². The van der Waals surface area contributed by atoms with Crippen molar-refractivity contribution < 1.29 is 18.0 Å². The fourth-order valence-corrected chi connectivity index (χ4v) is 3.88. The first-order valence-electron chi connectivity index (χ1n) is 8.08. The number of amides is 1. The predicted molar refractivity (Wildman–Crippen MR) is 102 cm³/mol. The van der Waals surface area contributed by atoms with E-state index in [4.69, 9.17) is 17.3 Å². The lowest BCUT2D eigenvalue weighted by Gasteiger charge is -2.30. The van der Waals surface area contributed by atoms with Gasteiger partial charge in [-0.3, -0.25) is 9.79 Å². The molecule has 1 amide bonds. The van der Waals surface area contributed by atoms with Crippen LogP contribution in [0.15, 0.2) is 35.5 Å². The molecule has 3 N–H and O–H groups in total. The van der Waals surface area contributed by atoms with Crippen molar-refractivity contribution >= 4 is 40.1 Å². The van der Waals surface area contributed by atoms with Crippen LogP contribution in [-0.4, -0.2) is 26.8 Å². The molecule has 1 atom stereocenters. The van der Waals surface area contributed by atoms with Crippen molar-refractivity contribution in [1.82, 2.24) is 9.97 Å². The number of benzene rings is 1. The maximum atomic E-state index is 13.2. The Morgan fingerprint density at radius 3 is 2.82 bits per heavy atom. The number of nitrogens with one attached hydrogen (secondary N) is 1. The number of hydrogen-bond acceptors (Lipinski definition) is 6. The number of carbonyl (C=O) groups excluding carboxylic acids is 1. The molecule has 0 saturated carbocycles. The smallest absolute Gasteiger partial charge is 0.379 e. The van der Waals surface area contributed by atoms with Gasteiger partial charge in [0.15, 0.2) is 10.9 Å². The summed E-state index contributed by atoms with van der Waals surface area (Å²) in [5.74, 6) is -0.201. The van der Waals surface area contributed by atoms with Gasteiger partial charge < -0.3 is 11.1 Å². The van der Waals surface area contributed by atoms with Gasteiger partial charge in [0.25, 0.3) is 5.91 Å². The number of aromatic nitrogens is 2. The zero-order valence-corrected chi connectivity index (χ0v) is 16.1. The molecule has 3 rings (SSSR count).